The van der Waals surface area contributed by atoms with Crippen molar-refractivity contribution in [1.29, 1.82) is 0 Å². The highest BCUT2D eigenvalue weighted by Crippen LogP contribution is 2.25. The molecular formula is C13H19F2N3. The molecule has 1 aromatic carbocycles. The third-order valence-corrected chi connectivity index (χ3v) is 3.51. The smallest absolute Gasteiger partial charge is 0.183 e. The third kappa shape index (κ3) is 2.72. The van der Waals surface area contributed by atoms with Gasteiger partial charge in [-0.25, -0.2) is 8.78 Å². The van der Waals surface area contributed by atoms with Gasteiger partial charge in [-0.1, -0.05) is 6.92 Å². The van der Waals surface area contributed by atoms with Crippen molar-refractivity contribution in [2.24, 2.45) is 5.92 Å². The summed E-state index contributed by atoms with van der Waals surface area (Å²) in [6.45, 7) is 5.86. The Kier molecular flexibility index (Phi) is 4.01. The van der Waals surface area contributed by atoms with Crippen LogP contribution in [0.1, 0.15) is 13.3 Å². The van der Waals surface area contributed by atoms with Crippen LogP contribution in [0.3, 0.4) is 0 Å². The largest absolute Gasteiger partial charge is 0.397 e. The third-order valence-electron chi connectivity index (χ3n) is 3.51. The van der Waals surface area contributed by atoms with Crippen LogP contribution < -0.4 is 11.1 Å². The molecule has 3 N–H and O–H groups in total. The Morgan fingerprint density at radius 1 is 1.44 bits per heavy atom. The van der Waals surface area contributed by atoms with Crippen LogP contribution in [-0.2, 0) is 0 Å². The highest BCUT2D eigenvalue weighted by atomic mass is 19.2. The Hall–Kier alpha value is -1.36. The average molecular weight is 255 g/mol. The molecule has 1 saturated heterocycles. The minimum atomic E-state index is -0.889. The monoisotopic (exact) mass is 255 g/mol. The lowest BCUT2D eigenvalue weighted by atomic mass is 10.1. The van der Waals surface area contributed by atoms with Crippen molar-refractivity contribution in [3.63, 3.8) is 0 Å². The van der Waals surface area contributed by atoms with Crippen molar-refractivity contribution in [2.75, 3.05) is 37.2 Å². The van der Waals surface area contributed by atoms with Gasteiger partial charge in [-0.05, 0) is 37.6 Å². The number of nitrogen functional groups attached to an aromatic ring is 1. The number of halogens is 2. The summed E-state index contributed by atoms with van der Waals surface area (Å²) in [5.74, 6) is -1.29. The number of rotatable bonds is 4. The van der Waals surface area contributed by atoms with E-state index in [0.717, 1.165) is 32.1 Å². The number of benzene rings is 1. The van der Waals surface area contributed by atoms with Gasteiger partial charge in [0.15, 0.2) is 11.6 Å². The maximum absolute atomic E-state index is 13.6. The van der Waals surface area contributed by atoms with Gasteiger partial charge in [0.05, 0.1) is 11.4 Å². The zero-order valence-corrected chi connectivity index (χ0v) is 10.5. The Balaban J connectivity index is 1.97. The lowest BCUT2D eigenvalue weighted by Crippen LogP contribution is -2.23. The molecule has 18 heavy (non-hydrogen) atoms. The van der Waals surface area contributed by atoms with Crippen LogP contribution in [0, 0.1) is 17.6 Å². The molecule has 5 heteroatoms. The normalized spacial score (nSPS) is 20.3. The highest BCUT2D eigenvalue weighted by Gasteiger charge is 2.21. The molecule has 2 rings (SSSR count). The molecule has 0 aliphatic carbocycles. The average Bonchev–Trinajstić information content (AvgIpc) is 2.82. The van der Waals surface area contributed by atoms with Crippen LogP contribution in [0.15, 0.2) is 12.1 Å². The number of nitrogens with one attached hydrogen (secondary N) is 1. The van der Waals surface area contributed by atoms with E-state index in [2.05, 4.69) is 17.1 Å². The van der Waals surface area contributed by atoms with Gasteiger partial charge in [-0.15, -0.1) is 0 Å². The van der Waals surface area contributed by atoms with Crippen molar-refractivity contribution < 1.29 is 8.78 Å². The summed E-state index contributed by atoms with van der Waals surface area (Å²) in [5, 5.41) is 2.94. The number of nitrogens with two attached hydrogens (primary N) is 1. The molecule has 1 heterocycles. The lowest BCUT2D eigenvalue weighted by molar-refractivity contribution is 0.345. The van der Waals surface area contributed by atoms with E-state index in [1.807, 2.05) is 0 Å². The van der Waals surface area contributed by atoms with Gasteiger partial charge in [-0.2, -0.15) is 0 Å². The second-order valence-electron chi connectivity index (χ2n) is 4.75. The van der Waals surface area contributed by atoms with Gasteiger partial charge < -0.3 is 16.0 Å². The molecule has 0 spiro atoms. The predicted molar refractivity (Wildman–Crippen MR) is 69.5 cm³/mol. The molecule has 1 fully saturated rings. The van der Waals surface area contributed by atoms with Gasteiger partial charge in [-0.3, -0.25) is 0 Å². The van der Waals surface area contributed by atoms with E-state index in [1.54, 1.807) is 0 Å². The lowest BCUT2D eigenvalue weighted by Gasteiger charge is -2.16. The zero-order chi connectivity index (χ0) is 13.1. The van der Waals surface area contributed by atoms with Gasteiger partial charge in [0.2, 0.25) is 0 Å². The molecule has 3 nitrogen and oxygen atoms in total. The standard InChI is InChI=1S/C13H19F2N3/c1-2-18-6-5-9(8-18)7-17-13-11(16)4-3-10(14)12(13)15/h3-4,9,17H,2,5-8,16H2,1H3. The van der Waals surface area contributed by atoms with E-state index < -0.39 is 11.6 Å². The number of likely N-dealkylation sites (tertiary alicyclic amines) is 1. The summed E-state index contributed by atoms with van der Waals surface area (Å²) in [4.78, 5) is 2.34. The minimum Gasteiger partial charge on any atom is -0.397 e. The minimum absolute atomic E-state index is 0.0879. The zero-order valence-electron chi connectivity index (χ0n) is 10.5. The second-order valence-corrected chi connectivity index (χ2v) is 4.75. The van der Waals surface area contributed by atoms with Crippen LogP contribution in [0.4, 0.5) is 20.2 Å². The Morgan fingerprint density at radius 3 is 2.89 bits per heavy atom. The molecule has 0 bridgehead atoms. The van der Waals surface area contributed by atoms with Crippen LogP contribution >= 0.6 is 0 Å². The van der Waals surface area contributed by atoms with Crippen molar-refractivity contribution in [3.05, 3.63) is 23.8 Å². The molecule has 100 valence electrons. The number of anilines is 2. The van der Waals surface area contributed by atoms with Gasteiger partial charge in [0.1, 0.15) is 0 Å². The van der Waals surface area contributed by atoms with E-state index in [1.165, 1.54) is 6.07 Å². The van der Waals surface area contributed by atoms with Gasteiger partial charge in [0.25, 0.3) is 0 Å². The fraction of sp³-hybridized carbons (Fsp3) is 0.538. The Labute approximate surface area is 106 Å². The maximum Gasteiger partial charge on any atom is 0.183 e. The number of hydrogen-bond donors (Lipinski definition) is 2. The Morgan fingerprint density at radius 2 is 2.22 bits per heavy atom. The maximum atomic E-state index is 13.6. The molecular weight excluding hydrogens is 236 g/mol. The first-order chi connectivity index (χ1) is 8.61. The molecule has 1 aromatic rings. The molecule has 0 amide bonds. The van der Waals surface area contributed by atoms with Gasteiger partial charge >= 0.3 is 0 Å². The van der Waals surface area contributed by atoms with Crippen molar-refractivity contribution in [1.82, 2.24) is 4.90 Å². The summed E-state index contributed by atoms with van der Waals surface area (Å²) in [6.07, 6.45) is 1.08. The molecule has 1 aliphatic heterocycles. The number of nitrogens with zero attached hydrogens (tertiary/aromatic N) is 1. The van der Waals surface area contributed by atoms with E-state index in [9.17, 15) is 8.78 Å². The summed E-state index contributed by atoms with van der Waals surface area (Å²) in [7, 11) is 0. The van der Waals surface area contributed by atoms with Crippen LogP contribution in [-0.4, -0.2) is 31.1 Å². The van der Waals surface area contributed by atoms with Crippen LogP contribution in [0.2, 0.25) is 0 Å². The van der Waals surface area contributed by atoms with E-state index >= 15 is 0 Å². The van der Waals surface area contributed by atoms with Crippen LogP contribution in [0.5, 0.6) is 0 Å². The summed E-state index contributed by atoms with van der Waals surface area (Å²) >= 11 is 0. The molecule has 0 radical (unpaired) electrons. The molecule has 1 atom stereocenters. The van der Waals surface area contributed by atoms with Crippen molar-refractivity contribution in [2.45, 2.75) is 13.3 Å². The summed E-state index contributed by atoms with van der Waals surface area (Å²) < 4.78 is 26.6. The summed E-state index contributed by atoms with van der Waals surface area (Å²) in [5.41, 5.74) is 5.99. The topological polar surface area (TPSA) is 41.3 Å². The second kappa shape index (κ2) is 5.52. The molecule has 0 saturated carbocycles. The first kappa shape index (κ1) is 13.1. The van der Waals surface area contributed by atoms with Gasteiger partial charge in [0, 0.05) is 13.1 Å². The number of hydrogen-bond acceptors (Lipinski definition) is 3. The molecule has 1 unspecified atom stereocenters. The summed E-state index contributed by atoms with van der Waals surface area (Å²) in [6, 6.07) is 2.43. The SMILES string of the molecule is CCN1CCC(CNc2c(N)ccc(F)c2F)C1. The van der Waals surface area contributed by atoms with E-state index in [-0.39, 0.29) is 11.4 Å². The van der Waals surface area contributed by atoms with Crippen LogP contribution in [0.25, 0.3) is 0 Å². The predicted octanol–water partition coefficient (Wildman–Crippen LogP) is 2.30. The van der Waals surface area contributed by atoms with Crippen molar-refractivity contribution in [3.8, 4) is 0 Å². The molecule has 1 aliphatic rings. The highest BCUT2D eigenvalue weighted by molar-refractivity contribution is 5.66. The van der Waals surface area contributed by atoms with E-state index in [0.29, 0.717) is 12.5 Å². The molecule has 0 aromatic heterocycles. The Bertz CT molecular complexity index is 423. The first-order valence-electron chi connectivity index (χ1n) is 6.31. The van der Waals surface area contributed by atoms with Crippen molar-refractivity contribution >= 4 is 11.4 Å². The fourth-order valence-corrected chi connectivity index (χ4v) is 2.36. The quantitative estimate of drug-likeness (QED) is 0.811. The van der Waals surface area contributed by atoms with E-state index in [4.69, 9.17) is 5.73 Å². The fourth-order valence-electron chi connectivity index (χ4n) is 2.36. The first-order valence-corrected chi connectivity index (χ1v) is 6.31.